The second-order valence-corrected chi connectivity index (χ2v) is 11.8. The summed E-state index contributed by atoms with van der Waals surface area (Å²) in [5.41, 5.74) is 1.36. The number of rotatable bonds is 7. The lowest BCUT2D eigenvalue weighted by Crippen LogP contribution is -2.52. The Morgan fingerprint density at radius 2 is 1.77 bits per heavy atom. The van der Waals surface area contributed by atoms with Crippen LogP contribution in [-0.2, 0) is 20.0 Å². The van der Waals surface area contributed by atoms with Gasteiger partial charge in [-0.2, -0.15) is 0 Å². The third kappa shape index (κ3) is 6.45. The van der Waals surface area contributed by atoms with Gasteiger partial charge in [0.2, 0.25) is 5.91 Å². The highest BCUT2D eigenvalue weighted by Crippen LogP contribution is 2.25. The Balaban J connectivity index is 1.43. The minimum atomic E-state index is -3.10. The van der Waals surface area contributed by atoms with Gasteiger partial charge in [0.1, 0.15) is 5.75 Å². The first-order valence-electron chi connectivity index (χ1n) is 11.1. The van der Waals surface area contributed by atoms with Crippen LogP contribution in [0.15, 0.2) is 24.3 Å². The average molecular weight is 437 g/mol. The maximum Gasteiger partial charge on any atom is 0.220 e. The van der Waals surface area contributed by atoms with Gasteiger partial charge < -0.3 is 10.1 Å². The van der Waals surface area contributed by atoms with Crippen LogP contribution in [-0.4, -0.2) is 62.5 Å². The number of nitrogens with zero attached hydrogens (tertiary/aromatic N) is 1. The highest BCUT2D eigenvalue weighted by atomic mass is 32.2. The van der Waals surface area contributed by atoms with Crippen molar-refractivity contribution in [2.45, 2.75) is 70.4 Å². The molecular formula is C23H36N2O4S. The molecule has 1 amide bonds. The van der Waals surface area contributed by atoms with E-state index in [0.29, 0.717) is 19.4 Å². The van der Waals surface area contributed by atoms with E-state index in [2.05, 4.69) is 43.1 Å². The Morgan fingerprint density at radius 1 is 1.10 bits per heavy atom. The topological polar surface area (TPSA) is 75.7 Å². The third-order valence-corrected chi connectivity index (χ3v) is 7.78. The number of amides is 1. The maximum absolute atomic E-state index is 12.4. The van der Waals surface area contributed by atoms with E-state index >= 15 is 0 Å². The Hall–Kier alpha value is -1.60. The van der Waals surface area contributed by atoms with Crippen LogP contribution in [0.1, 0.15) is 58.4 Å². The van der Waals surface area contributed by atoms with Crippen LogP contribution in [0.25, 0.3) is 0 Å². The number of benzene rings is 1. The number of hydrogen-bond donors (Lipinski definition) is 1. The zero-order valence-electron chi connectivity index (χ0n) is 18.5. The van der Waals surface area contributed by atoms with Crippen molar-refractivity contribution in [2.75, 3.05) is 31.2 Å². The zero-order chi connectivity index (χ0) is 21.8. The minimum absolute atomic E-state index is 0.0521. The van der Waals surface area contributed by atoms with Crippen molar-refractivity contribution < 1.29 is 17.9 Å². The third-order valence-electron chi connectivity index (χ3n) is 6.07. The van der Waals surface area contributed by atoms with Gasteiger partial charge in [-0.05, 0) is 55.5 Å². The molecule has 6 nitrogen and oxygen atoms in total. The fraction of sp³-hybridized carbons (Fsp3) is 0.696. The molecule has 0 spiro atoms. The second kappa shape index (κ2) is 9.69. The van der Waals surface area contributed by atoms with Crippen molar-refractivity contribution >= 4 is 15.7 Å². The van der Waals surface area contributed by atoms with E-state index < -0.39 is 9.84 Å². The Kier molecular flexibility index (Phi) is 7.45. The lowest BCUT2D eigenvalue weighted by molar-refractivity contribution is -0.122. The van der Waals surface area contributed by atoms with Crippen molar-refractivity contribution in [3.8, 4) is 5.75 Å². The number of sulfone groups is 1. The molecule has 2 aliphatic heterocycles. The quantitative estimate of drug-likeness (QED) is 0.665. The summed E-state index contributed by atoms with van der Waals surface area (Å²) < 4.78 is 30.1. The number of ether oxygens (including phenoxy) is 1. The van der Waals surface area contributed by atoms with Crippen molar-refractivity contribution in [1.29, 1.82) is 0 Å². The molecule has 0 saturated carbocycles. The van der Waals surface area contributed by atoms with Crippen LogP contribution in [0.3, 0.4) is 0 Å². The molecule has 2 atom stereocenters. The predicted molar refractivity (Wildman–Crippen MR) is 120 cm³/mol. The van der Waals surface area contributed by atoms with Gasteiger partial charge in [0, 0.05) is 12.5 Å². The number of carbonyl (C=O) groups excluding carboxylic acids is 1. The predicted octanol–water partition coefficient (Wildman–Crippen LogP) is 2.91. The molecule has 3 rings (SSSR count). The first-order valence-corrected chi connectivity index (χ1v) is 12.9. The Morgan fingerprint density at radius 3 is 2.40 bits per heavy atom. The summed E-state index contributed by atoms with van der Waals surface area (Å²) in [7, 11) is -3.10. The molecule has 0 radical (unpaired) electrons. The molecule has 1 aromatic carbocycles. The molecule has 2 unspecified atom stereocenters. The monoisotopic (exact) mass is 436 g/mol. The highest BCUT2D eigenvalue weighted by Gasteiger charge is 2.41. The largest absolute Gasteiger partial charge is 0.494 e. The first-order chi connectivity index (χ1) is 14.1. The summed E-state index contributed by atoms with van der Waals surface area (Å²) in [5.74, 6) is 0.920. The van der Waals surface area contributed by atoms with Gasteiger partial charge in [-0.1, -0.05) is 39.3 Å². The molecule has 30 heavy (non-hydrogen) atoms. The molecule has 7 heteroatoms. The van der Waals surface area contributed by atoms with Crippen molar-refractivity contribution in [1.82, 2.24) is 10.2 Å². The van der Waals surface area contributed by atoms with E-state index in [4.69, 9.17) is 4.74 Å². The lowest BCUT2D eigenvalue weighted by atomic mass is 9.87. The molecular weight excluding hydrogens is 400 g/mol. The first kappa shape index (κ1) is 23.1. The molecule has 2 aliphatic rings. The highest BCUT2D eigenvalue weighted by molar-refractivity contribution is 7.91. The summed E-state index contributed by atoms with van der Waals surface area (Å²) >= 11 is 0. The standard InChI is InChI=1S/C23H36N2O4S/c1-23(2,3)18-9-11-19(12-10-18)29-15-7-8-22(26)24-20-16-30(27,28)17-21(20)25-13-5-4-6-14-25/h9-12,20-21H,4-8,13-17H2,1-3H3,(H,24,26). The van der Waals surface area contributed by atoms with Crippen LogP contribution < -0.4 is 10.1 Å². The fourth-order valence-electron chi connectivity index (χ4n) is 4.33. The molecule has 168 valence electrons. The van der Waals surface area contributed by atoms with E-state index in [0.717, 1.165) is 31.7 Å². The summed E-state index contributed by atoms with van der Waals surface area (Å²) in [6.45, 7) is 8.83. The number of carbonyl (C=O) groups is 1. The molecule has 0 aromatic heterocycles. The van der Waals surface area contributed by atoms with E-state index in [1.165, 1.54) is 12.0 Å². The van der Waals surface area contributed by atoms with Gasteiger partial charge in [-0.25, -0.2) is 8.42 Å². The molecule has 1 aromatic rings. The molecule has 1 N–H and O–H groups in total. The van der Waals surface area contributed by atoms with E-state index in [9.17, 15) is 13.2 Å². The van der Waals surface area contributed by atoms with Crippen molar-refractivity contribution in [3.63, 3.8) is 0 Å². The second-order valence-electron chi connectivity index (χ2n) is 9.64. The molecule has 0 aliphatic carbocycles. The van der Waals surface area contributed by atoms with Crippen LogP contribution >= 0.6 is 0 Å². The molecule has 2 heterocycles. The summed E-state index contributed by atoms with van der Waals surface area (Å²) in [6, 6.07) is 7.69. The normalized spacial score (nSPS) is 24.5. The van der Waals surface area contributed by atoms with Gasteiger partial charge in [0.05, 0.1) is 24.2 Å². The summed E-state index contributed by atoms with van der Waals surface area (Å²) in [6.07, 6.45) is 4.34. The number of piperidine rings is 1. The molecule has 0 bridgehead atoms. The number of hydrogen-bond acceptors (Lipinski definition) is 5. The van der Waals surface area contributed by atoms with Gasteiger partial charge in [0.25, 0.3) is 0 Å². The van der Waals surface area contributed by atoms with Crippen LogP contribution in [0, 0.1) is 0 Å². The summed E-state index contributed by atoms with van der Waals surface area (Å²) in [5, 5.41) is 2.99. The fourth-order valence-corrected chi connectivity index (χ4v) is 6.28. The van der Waals surface area contributed by atoms with E-state index in [1.54, 1.807) is 0 Å². The maximum atomic E-state index is 12.4. The Labute approximate surface area is 181 Å². The van der Waals surface area contributed by atoms with Crippen molar-refractivity contribution in [2.24, 2.45) is 0 Å². The lowest BCUT2D eigenvalue weighted by Gasteiger charge is -2.35. The van der Waals surface area contributed by atoms with Crippen molar-refractivity contribution in [3.05, 3.63) is 29.8 Å². The molecule has 2 saturated heterocycles. The SMILES string of the molecule is CC(C)(C)c1ccc(OCCCC(=O)NC2CS(=O)(=O)CC2N2CCCCC2)cc1. The minimum Gasteiger partial charge on any atom is -0.494 e. The van der Waals surface area contributed by atoms with Crippen LogP contribution in [0.5, 0.6) is 5.75 Å². The van der Waals surface area contributed by atoms with Gasteiger partial charge in [0.15, 0.2) is 9.84 Å². The van der Waals surface area contributed by atoms with E-state index in [-0.39, 0.29) is 34.9 Å². The number of nitrogens with one attached hydrogen (secondary N) is 1. The average Bonchev–Trinajstić information content (AvgIpc) is 2.99. The zero-order valence-corrected chi connectivity index (χ0v) is 19.3. The van der Waals surface area contributed by atoms with E-state index in [1.807, 2.05) is 12.1 Å². The van der Waals surface area contributed by atoms with Crippen LogP contribution in [0.2, 0.25) is 0 Å². The molecule has 2 fully saturated rings. The van der Waals surface area contributed by atoms with Gasteiger partial charge in [-0.3, -0.25) is 9.69 Å². The van der Waals surface area contributed by atoms with Crippen LogP contribution in [0.4, 0.5) is 0 Å². The number of likely N-dealkylation sites (tertiary alicyclic amines) is 1. The van der Waals surface area contributed by atoms with Gasteiger partial charge >= 0.3 is 0 Å². The summed E-state index contributed by atoms with van der Waals surface area (Å²) in [4.78, 5) is 14.7. The van der Waals surface area contributed by atoms with Gasteiger partial charge in [-0.15, -0.1) is 0 Å². The Bertz CT molecular complexity index is 809. The smallest absolute Gasteiger partial charge is 0.220 e.